The van der Waals surface area contributed by atoms with E-state index >= 15 is 0 Å². The van der Waals surface area contributed by atoms with Gasteiger partial charge in [-0.15, -0.1) is 11.3 Å². The SMILES string of the molecule is COC(=O)c1ccccc1NC(=O)c1cncs1. The third-order valence-corrected chi connectivity index (χ3v) is 3.01. The molecule has 2 aromatic rings. The van der Waals surface area contributed by atoms with E-state index in [4.69, 9.17) is 0 Å². The minimum absolute atomic E-state index is 0.297. The Balaban J connectivity index is 2.24. The van der Waals surface area contributed by atoms with Gasteiger partial charge >= 0.3 is 5.97 Å². The van der Waals surface area contributed by atoms with Crippen LogP contribution in [0.3, 0.4) is 0 Å². The highest BCUT2D eigenvalue weighted by molar-refractivity contribution is 7.11. The van der Waals surface area contributed by atoms with Crippen LogP contribution in [-0.2, 0) is 4.74 Å². The van der Waals surface area contributed by atoms with Crippen LogP contribution in [0.25, 0.3) is 0 Å². The van der Waals surface area contributed by atoms with E-state index in [1.165, 1.54) is 24.6 Å². The first-order valence-corrected chi connectivity index (χ1v) is 5.97. The molecular weight excluding hydrogens is 252 g/mol. The van der Waals surface area contributed by atoms with Gasteiger partial charge in [0.1, 0.15) is 4.88 Å². The topological polar surface area (TPSA) is 68.3 Å². The Hall–Kier alpha value is -2.21. The van der Waals surface area contributed by atoms with Crippen molar-refractivity contribution in [2.45, 2.75) is 0 Å². The van der Waals surface area contributed by atoms with Crippen LogP contribution < -0.4 is 5.32 Å². The highest BCUT2D eigenvalue weighted by Crippen LogP contribution is 2.17. The summed E-state index contributed by atoms with van der Waals surface area (Å²) in [6, 6.07) is 6.67. The molecular formula is C12H10N2O3S. The fourth-order valence-electron chi connectivity index (χ4n) is 1.39. The molecule has 0 fully saturated rings. The summed E-state index contributed by atoms with van der Waals surface area (Å²) in [6.07, 6.45) is 1.47. The number of rotatable bonds is 3. The first-order chi connectivity index (χ1) is 8.72. The van der Waals surface area contributed by atoms with E-state index in [-0.39, 0.29) is 5.91 Å². The molecule has 0 aliphatic rings. The second-order valence-corrected chi connectivity index (χ2v) is 4.24. The lowest BCUT2D eigenvalue weighted by Crippen LogP contribution is -2.14. The van der Waals surface area contributed by atoms with E-state index in [9.17, 15) is 9.59 Å². The zero-order valence-corrected chi connectivity index (χ0v) is 10.4. The van der Waals surface area contributed by atoms with Crippen molar-refractivity contribution >= 4 is 28.9 Å². The lowest BCUT2D eigenvalue weighted by Gasteiger charge is -2.08. The number of para-hydroxylation sites is 1. The number of hydrogen-bond donors (Lipinski definition) is 1. The predicted molar refractivity (Wildman–Crippen MR) is 67.8 cm³/mol. The van der Waals surface area contributed by atoms with Crippen molar-refractivity contribution in [1.82, 2.24) is 4.98 Å². The number of thiazole rings is 1. The van der Waals surface area contributed by atoms with Crippen LogP contribution in [0.1, 0.15) is 20.0 Å². The average Bonchev–Trinajstić information content (AvgIpc) is 2.92. The van der Waals surface area contributed by atoms with Gasteiger partial charge in [0.25, 0.3) is 5.91 Å². The number of carbonyl (C=O) groups excluding carboxylic acids is 2. The van der Waals surface area contributed by atoms with Gasteiger partial charge in [-0.3, -0.25) is 9.78 Å². The minimum atomic E-state index is -0.491. The molecule has 0 atom stereocenters. The Morgan fingerprint density at radius 3 is 2.78 bits per heavy atom. The number of ether oxygens (including phenoxy) is 1. The number of aromatic nitrogens is 1. The van der Waals surface area contributed by atoms with Crippen LogP contribution in [0.4, 0.5) is 5.69 Å². The lowest BCUT2D eigenvalue weighted by atomic mass is 10.2. The molecule has 5 nitrogen and oxygen atoms in total. The van der Waals surface area contributed by atoms with Crippen molar-refractivity contribution in [2.75, 3.05) is 12.4 Å². The molecule has 18 heavy (non-hydrogen) atoms. The fraction of sp³-hybridized carbons (Fsp3) is 0.0833. The molecule has 1 aromatic heterocycles. The molecule has 0 aliphatic heterocycles. The van der Waals surface area contributed by atoms with Crippen molar-refractivity contribution in [1.29, 1.82) is 0 Å². The van der Waals surface area contributed by atoms with Gasteiger partial charge in [0.05, 0.1) is 30.1 Å². The smallest absolute Gasteiger partial charge is 0.339 e. The Bertz CT molecular complexity index is 566. The number of nitrogens with one attached hydrogen (secondary N) is 1. The van der Waals surface area contributed by atoms with Crippen LogP contribution in [0, 0.1) is 0 Å². The molecule has 6 heteroatoms. The summed E-state index contributed by atoms with van der Waals surface area (Å²) in [5.74, 6) is -0.788. The van der Waals surface area contributed by atoms with Crippen LogP contribution in [0.2, 0.25) is 0 Å². The Kier molecular flexibility index (Phi) is 3.69. The number of amides is 1. The van der Waals surface area contributed by atoms with Crippen molar-refractivity contribution in [3.05, 3.63) is 46.4 Å². The molecule has 1 N–H and O–H groups in total. The minimum Gasteiger partial charge on any atom is -0.465 e. The van der Waals surface area contributed by atoms with Gasteiger partial charge in [0.2, 0.25) is 0 Å². The first-order valence-electron chi connectivity index (χ1n) is 5.09. The second kappa shape index (κ2) is 5.42. The molecule has 0 saturated carbocycles. The summed E-state index contributed by atoms with van der Waals surface area (Å²) < 4.78 is 4.65. The number of nitrogens with zero attached hydrogens (tertiary/aromatic N) is 1. The molecule has 0 spiro atoms. The number of benzene rings is 1. The molecule has 0 radical (unpaired) electrons. The summed E-state index contributed by atoms with van der Waals surface area (Å²) in [7, 11) is 1.30. The molecule has 92 valence electrons. The van der Waals surface area contributed by atoms with Gasteiger partial charge in [-0.25, -0.2) is 4.79 Å². The van der Waals surface area contributed by atoms with Gasteiger partial charge < -0.3 is 10.1 Å². The normalized spacial score (nSPS) is 9.83. The van der Waals surface area contributed by atoms with Gasteiger partial charge in [-0.05, 0) is 12.1 Å². The molecule has 1 amide bonds. The van der Waals surface area contributed by atoms with E-state index in [0.29, 0.717) is 16.1 Å². The summed E-state index contributed by atoms with van der Waals surface area (Å²) >= 11 is 1.23. The van der Waals surface area contributed by atoms with Crippen LogP contribution in [0.15, 0.2) is 36.0 Å². The fourth-order valence-corrected chi connectivity index (χ4v) is 1.91. The zero-order chi connectivity index (χ0) is 13.0. The number of hydrogen-bond acceptors (Lipinski definition) is 5. The van der Waals surface area contributed by atoms with Crippen LogP contribution in [-0.4, -0.2) is 24.0 Å². The van der Waals surface area contributed by atoms with E-state index in [1.807, 2.05) is 0 Å². The lowest BCUT2D eigenvalue weighted by molar-refractivity contribution is 0.0602. The highest BCUT2D eigenvalue weighted by atomic mass is 32.1. The Labute approximate surface area is 107 Å². The summed E-state index contributed by atoms with van der Waals surface area (Å²) in [5.41, 5.74) is 2.31. The second-order valence-electron chi connectivity index (χ2n) is 3.36. The van der Waals surface area contributed by atoms with Crippen molar-refractivity contribution < 1.29 is 14.3 Å². The molecule has 1 aromatic carbocycles. The average molecular weight is 262 g/mol. The van der Waals surface area contributed by atoms with Gasteiger partial charge in [-0.1, -0.05) is 12.1 Å². The van der Waals surface area contributed by atoms with E-state index in [1.54, 1.807) is 29.8 Å². The van der Waals surface area contributed by atoms with Gasteiger partial charge in [0.15, 0.2) is 0 Å². The maximum absolute atomic E-state index is 11.8. The summed E-state index contributed by atoms with van der Waals surface area (Å²) in [6.45, 7) is 0. The zero-order valence-electron chi connectivity index (χ0n) is 9.54. The first kappa shape index (κ1) is 12.3. The summed E-state index contributed by atoms with van der Waals surface area (Å²) in [4.78, 5) is 27.7. The van der Waals surface area contributed by atoms with E-state index in [2.05, 4.69) is 15.0 Å². The van der Waals surface area contributed by atoms with Crippen molar-refractivity contribution in [3.63, 3.8) is 0 Å². The van der Waals surface area contributed by atoms with Crippen LogP contribution >= 0.6 is 11.3 Å². The number of esters is 1. The van der Waals surface area contributed by atoms with Crippen molar-refractivity contribution in [2.24, 2.45) is 0 Å². The molecule has 1 heterocycles. The Morgan fingerprint density at radius 2 is 2.11 bits per heavy atom. The van der Waals surface area contributed by atoms with Gasteiger partial charge in [0, 0.05) is 0 Å². The number of carbonyl (C=O) groups is 2. The molecule has 2 rings (SSSR count). The largest absolute Gasteiger partial charge is 0.465 e. The third kappa shape index (κ3) is 2.54. The monoisotopic (exact) mass is 262 g/mol. The third-order valence-electron chi connectivity index (χ3n) is 2.24. The maximum atomic E-state index is 11.8. The highest BCUT2D eigenvalue weighted by Gasteiger charge is 2.14. The van der Waals surface area contributed by atoms with Crippen LogP contribution in [0.5, 0.6) is 0 Å². The van der Waals surface area contributed by atoms with E-state index < -0.39 is 5.97 Å². The van der Waals surface area contributed by atoms with Gasteiger partial charge in [-0.2, -0.15) is 0 Å². The quantitative estimate of drug-likeness (QED) is 0.861. The molecule has 0 bridgehead atoms. The molecule has 0 saturated heterocycles. The summed E-state index contributed by atoms with van der Waals surface area (Å²) in [5, 5.41) is 2.66. The number of methoxy groups -OCH3 is 1. The standard InChI is InChI=1S/C12H10N2O3S/c1-17-12(16)8-4-2-3-5-9(8)14-11(15)10-6-13-7-18-10/h2-7H,1H3,(H,14,15). The van der Waals surface area contributed by atoms with E-state index in [0.717, 1.165) is 0 Å². The predicted octanol–water partition coefficient (Wildman–Crippen LogP) is 2.18. The molecule has 0 aliphatic carbocycles. The number of anilines is 1. The van der Waals surface area contributed by atoms with Crippen molar-refractivity contribution in [3.8, 4) is 0 Å². The Morgan fingerprint density at radius 1 is 1.33 bits per heavy atom. The molecule has 0 unspecified atom stereocenters. The maximum Gasteiger partial charge on any atom is 0.339 e.